The Labute approximate surface area is 445 Å². The smallest absolute Gasteiger partial charge is 0.333 e. The van der Waals surface area contributed by atoms with E-state index in [-0.39, 0.29) is 35.7 Å². The van der Waals surface area contributed by atoms with Crippen molar-refractivity contribution in [1.82, 2.24) is 0 Å². The molecule has 26 atom stereocenters. The lowest BCUT2D eigenvalue weighted by molar-refractivity contribution is -0.398. The fourth-order valence-corrected chi connectivity index (χ4v) is 16.1. The third-order valence-corrected chi connectivity index (χ3v) is 20.9. The first-order valence-corrected chi connectivity index (χ1v) is 27.4. The Morgan fingerprint density at radius 1 is 0.697 bits per heavy atom. The molecule has 8 aliphatic rings. The van der Waals surface area contributed by atoms with Crippen molar-refractivity contribution in [2.45, 2.75) is 238 Å². The second kappa shape index (κ2) is 21.6. The Morgan fingerprint density at radius 2 is 1.29 bits per heavy atom. The summed E-state index contributed by atoms with van der Waals surface area (Å²) >= 11 is 0. The van der Waals surface area contributed by atoms with Crippen LogP contribution in [0.1, 0.15) is 121 Å². The average molecular weight is 1090 g/mol. The van der Waals surface area contributed by atoms with Crippen LogP contribution >= 0.6 is 0 Å². The van der Waals surface area contributed by atoms with E-state index in [2.05, 4.69) is 40.7 Å². The number of esters is 2. The summed E-state index contributed by atoms with van der Waals surface area (Å²) in [5.74, 6) is -1.48. The largest absolute Gasteiger partial charge is 0.465 e. The van der Waals surface area contributed by atoms with Crippen molar-refractivity contribution in [2.24, 2.45) is 50.2 Å². The van der Waals surface area contributed by atoms with Crippen molar-refractivity contribution < 1.29 is 104 Å². The van der Waals surface area contributed by atoms with Crippen molar-refractivity contribution in [1.29, 1.82) is 0 Å². The lowest BCUT2D eigenvalue weighted by atomic mass is 9.33. The molecular formula is C55H88O21. The van der Waals surface area contributed by atoms with Crippen LogP contribution in [0.2, 0.25) is 0 Å². The summed E-state index contributed by atoms with van der Waals surface area (Å²) in [6, 6.07) is 0. The van der Waals surface area contributed by atoms with Crippen LogP contribution in [0.25, 0.3) is 0 Å². The summed E-state index contributed by atoms with van der Waals surface area (Å²) in [7, 11) is 0. The van der Waals surface area contributed by atoms with Gasteiger partial charge in [-0.05, 0) is 105 Å². The zero-order valence-corrected chi connectivity index (χ0v) is 45.9. The first-order valence-electron chi connectivity index (χ1n) is 27.4. The van der Waals surface area contributed by atoms with E-state index in [1.54, 1.807) is 19.9 Å². The van der Waals surface area contributed by atoms with Gasteiger partial charge in [-0.25, -0.2) is 4.79 Å². The maximum atomic E-state index is 13.3. The lowest BCUT2D eigenvalue weighted by Crippen LogP contribution is -2.72. The van der Waals surface area contributed by atoms with Crippen LogP contribution in [0, 0.1) is 50.2 Å². The van der Waals surface area contributed by atoms with Crippen molar-refractivity contribution >= 4 is 11.9 Å². The molecule has 11 N–H and O–H groups in total. The standard InChI is InChI=1S/C55H88O21/c1-12-24(2)46(68)76-45-44(67)55(23-69-26(4)58)28(19-50(45,5)6)27-13-14-32-52(9)17-16-34(51(7,8)31(52)15-18-53(32,10)54(27,11)20-33(55)59)73-49-43(75-48-41(66)39(64)36(61)29(21-56)71-48)42(37(62)30(22-57)72-49)74-47-40(65)38(63)35(60)25(3)70-47/h12-13,25,28-45,47-49,56-57,59-67H,14-23H2,1-11H3. The molecule has 0 radical (unpaired) electrons. The van der Waals surface area contributed by atoms with Crippen LogP contribution in [0.4, 0.5) is 0 Å². The minimum Gasteiger partial charge on any atom is -0.465 e. The molecule has 0 amide bonds. The van der Waals surface area contributed by atoms with Gasteiger partial charge in [-0.1, -0.05) is 66.2 Å². The fraction of sp³-hybridized carbons (Fsp3) is 0.891. The summed E-state index contributed by atoms with van der Waals surface area (Å²) in [6.45, 7) is 19.4. The van der Waals surface area contributed by atoms with E-state index in [0.29, 0.717) is 31.3 Å². The topological polar surface area (TPSA) is 331 Å². The van der Waals surface area contributed by atoms with Gasteiger partial charge in [0.2, 0.25) is 0 Å². The van der Waals surface area contributed by atoms with Crippen LogP contribution in [0.15, 0.2) is 23.3 Å². The molecule has 3 saturated heterocycles. The molecule has 21 nitrogen and oxygen atoms in total. The van der Waals surface area contributed by atoms with Crippen molar-refractivity contribution in [2.75, 3.05) is 19.8 Å². The number of hydrogen-bond acceptors (Lipinski definition) is 21. The molecule has 8 rings (SSSR count). The number of allylic oxidation sites excluding steroid dienone is 3. The zero-order chi connectivity index (χ0) is 56.2. The average Bonchev–Trinajstić information content (AvgIpc) is 3.35. The Hall–Kier alpha value is -2.26. The second-order valence-electron chi connectivity index (χ2n) is 25.7. The van der Waals surface area contributed by atoms with E-state index in [9.17, 15) is 65.8 Å². The SMILES string of the molecule is CC=C(C)C(=O)OC1C(O)C2(COC(C)=O)C(O)CC3(C)C(=CCC4C5(C)CCC(OC6OC(CO)C(O)C(OC7OC(C)C(O)C(O)C7O)C6OC6OC(CO)C(O)C(O)C6O)C(C)(C)C5CCC43C)C2CC1(C)C. The van der Waals surface area contributed by atoms with Crippen LogP contribution < -0.4 is 0 Å². The molecule has 21 heteroatoms. The van der Waals surface area contributed by atoms with E-state index < -0.39 is 169 Å². The third kappa shape index (κ3) is 9.56. The number of fused-ring (bicyclic) bond motifs is 7. The molecule has 76 heavy (non-hydrogen) atoms. The van der Waals surface area contributed by atoms with Crippen molar-refractivity contribution in [3.8, 4) is 0 Å². The van der Waals surface area contributed by atoms with Gasteiger partial charge < -0.3 is 94.1 Å². The fourth-order valence-electron chi connectivity index (χ4n) is 16.1. The summed E-state index contributed by atoms with van der Waals surface area (Å²) in [5, 5.41) is 123. The molecule has 26 unspecified atom stereocenters. The van der Waals surface area contributed by atoms with Crippen molar-refractivity contribution in [3.05, 3.63) is 23.3 Å². The molecule has 0 aromatic heterocycles. The van der Waals surface area contributed by atoms with Gasteiger partial charge in [0.15, 0.2) is 18.9 Å². The van der Waals surface area contributed by atoms with Crippen LogP contribution in [0.5, 0.6) is 0 Å². The van der Waals surface area contributed by atoms with Gasteiger partial charge in [-0.3, -0.25) is 4.79 Å². The highest BCUT2D eigenvalue weighted by molar-refractivity contribution is 5.87. The summed E-state index contributed by atoms with van der Waals surface area (Å²) in [6.07, 6.45) is -20.6. The molecule has 4 saturated carbocycles. The molecule has 0 aromatic rings. The highest BCUT2D eigenvalue weighted by Gasteiger charge is 2.73. The number of aliphatic hydroxyl groups excluding tert-OH is 11. The molecule has 5 aliphatic carbocycles. The van der Waals surface area contributed by atoms with Crippen molar-refractivity contribution in [3.63, 3.8) is 0 Å². The molecule has 0 spiro atoms. The predicted octanol–water partition coefficient (Wildman–Crippen LogP) is 0.642. The maximum Gasteiger partial charge on any atom is 0.333 e. The summed E-state index contributed by atoms with van der Waals surface area (Å²) in [4.78, 5) is 25.8. The maximum absolute atomic E-state index is 13.3. The zero-order valence-electron chi connectivity index (χ0n) is 45.9. The van der Waals surface area contributed by atoms with Crippen LogP contribution in [0.3, 0.4) is 0 Å². The molecular weight excluding hydrogens is 997 g/mol. The van der Waals surface area contributed by atoms with Gasteiger partial charge in [0, 0.05) is 17.9 Å². The molecule has 0 aromatic carbocycles. The van der Waals surface area contributed by atoms with Gasteiger partial charge in [0.1, 0.15) is 86.0 Å². The monoisotopic (exact) mass is 1080 g/mol. The Bertz CT molecular complexity index is 2170. The first-order chi connectivity index (χ1) is 35.4. The first kappa shape index (κ1) is 59.9. The lowest BCUT2D eigenvalue weighted by Gasteiger charge is -2.72. The van der Waals surface area contributed by atoms with Gasteiger partial charge in [0.05, 0.1) is 36.9 Å². The van der Waals surface area contributed by atoms with E-state index in [4.69, 9.17) is 37.9 Å². The van der Waals surface area contributed by atoms with Crippen LogP contribution in [-0.4, -0.2) is 204 Å². The molecule has 3 heterocycles. The quantitative estimate of drug-likeness (QED) is 0.0553. The Kier molecular flexibility index (Phi) is 17.0. The second-order valence-corrected chi connectivity index (χ2v) is 25.7. The number of rotatable bonds is 12. The molecule has 3 aliphatic heterocycles. The van der Waals surface area contributed by atoms with E-state index >= 15 is 0 Å². The highest BCUT2D eigenvalue weighted by atomic mass is 16.8. The van der Waals surface area contributed by atoms with Gasteiger partial charge in [0.25, 0.3) is 0 Å². The normalized spacial score (nSPS) is 51.0. The number of hydrogen-bond donors (Lipinski definition) is 11. The number of aliphatic hydroxyl groups is 11. The molecule has 434 valence electrons. The van der Waals surface area contributed by atoms with E-state index in [1.165, 1.54) is 13.8 Å². The van der Waals surface area contributed by atoms with Gasteiger partial charge >= 0.3 is 11.9 Å². The summed E-state index contributed by atoms with van der Waals surface area (Å²) in [5.41, 5.74) is -2.58. The molecule has 0 bridgehead atoms. The van der Waals surface area contributed by atoms with Crippen LogP contribution in [-0.2, 0) is 47.5 Å². The van der Waals surface area contributed by atoms with E-state index in [1.807, 2.05) is 13.8 Å². The number of carbonyl (C=O) groups is 2. The Balaban J connectivity index is 1.11. The minimum atomic E-state index is -1.91. The van der Waals surface area contributed by atoms with Gasteiger partial charge in [-0.15, -0.1) is 0 Å². The molecule has 7 fully saturated rings. The predicted molar refractivity (Wildman–Crippen MR) is 266 cm³/mol. The summed E-state index contributed by atoms with van der Waals surface area (Å²) < 4.78 is 49.2. The minimum absolute atomic E-state index is 0.0123. The Morgan fingerprint density at radius 3 is 1.91 bits per heavy atom. The van der Waals surface area contributed by atoms with Gasteiger partial charge in [-0.2, -0.15) is 0 Å². The number of carbonyl (C=O) groups excluding carboxylic acids is 2. The highest BCUT2D eigenvalue weighted by Crippen LogP contribution is 2.76. The third-order valence-electron chi connectivity index (χ3n) is 20.9. The number of ether oxygens (including phenoxy) is 8. The van der Waals surface area contributed by atoms with E-state index in [0.717, 1.165) is 18.4 Å².